The minimum atomic E-state index is -0.618. The van der Waals surface area contributed by atoms with Gasteiger partial charge in [-0.3, -0.25) is 10.2 Å². The average molecular weight is 482 g/mol. The minimum absolute atomic E-state index is 0.00302. The van der Waals surface area contributed by atoms with Crippen LogP contribution in [0, 0.1) is 17.0 Å². The van der Waals surface area contributed by atoms with Crippen molar-refractivity contribution < 1.29 is 18.3 Å². The summed E-state index contributed by atoms with van der Waals surface area (Å²) in [5.41, 5.74) is 12.4. The van der Waals surface area contributed by atoms with Gasteiger partial charge in [0.1, 0.15) is 29.7 Å². The van der Waals surface area contributed by atoms with E-state index in [1.54, 1.807) is 18.2 Å². The zero-order chi connectivity index (χ0) is 25.0. The molecular weight excluding hydrogens is 460 g/mol. The Bertz CT molecular complexity index is 1550. The van der Waals surface area contributed by atoms with Crippen LogP contribution >= 0.6 is 0 Å². The number of fused-ring (bicyclic) bond motifs is 8. The highest BCUT2D eigenvalue weighted by Crippen LogP contribution is 2.54. The molecule has 0 aliphatic carbocycles. The zero-order valence-corrected chi connectivity index (χ0v) is 19.0. The van der Waals surface area contributed by atoms with Gasteiger partial charge < -0.3 is 15.8 Å². The van der Waals surface area contributed by atoms with Gasteiger partial charge in [-0.1, -0.05) is 42.5 Å². The first-order chi connectivity index (χ1) is 17.4. The highest BCUT2D eigenvalue weighted by molar-refractivity contribution is 5.95. The van der Waals surface area contributed by atoms with Gasteiger partial charge in [-0.15, -0.1) is 0 Å². The minimum Gasteiger partial charge on any atom is -0.384 e. The summed E-state index contributed by atoms with van der Waals surface area (Å²) in [6.45, 7) is 0.339. The second kappa shape index (κ2) is 8.39. The number of nitrogens with one attached hydrogen (secondary N) is 2. The van der Waals surface area contributed by atoms with Crippen molar-refractivity contribution in [3.63, 3.8) is 0 Å². The molecule has 0 fully saturated rings. The average Bonchev–Trinajstić information content (AvgIpc) is 3.44. The summed E-state index contributed by atoms with van der Waals surface area (Å²) in [5.74, 6) is -1.45. The van der Waals surface area contributed by atoms with Crippen LogP contribution < -0.4 is 11.1 Å². The fraction of sp³-hybridized carbons (Fsp3) is 0.103. The molecule has 178 valence electrons. The molecule has 0 radical (unpaired) electrons. The molecule has 4 N–H and O–H groups in total. The highest BCUT2D eigenvalue weighted by Gasteiger charge is 2.43. The van der Waals surface area contributed by atoms with Crippen molar-refractivity contribution in [2.24, 2.45) is 5.73 Å². The molecule has 2 unspecified atom stereocenters. The van der Waals surface area contributed by atoms with E-state index in [0.717, 1.165) is 33.9 Å². The van der Waals surface area contributed by atoms with Gasteiger partial charge in [-0.05, 0) is 63.7 Å². The molecule has 2 heterocycles. The summed E-state index contributed by atoms with van der Waals surface area (Å²) in [5, 5.41) is 10.4. The van der Waals surface area contributed by atoms with Crippen LogP contribution in [0.5, 0.6) is 0 Å². The number of carbonyl (C=O) groups excluding carboxylic acids is 1. The summed E-state index contributed by atoms with van der Waals surface area (Å²) >= 11 is 0. The van der Waals surface area contributed by atoms with Crippen molar-refractivity contribution in [1.82, 2.24) is 5.32 Å². The lowest BCUT2D eigenvalue weighted by Crippen LogP contribution is -2.23. The SMILES string of the molecule is N=C(N)c1ccc(CNC(=O)c2ccc3c(c2)C2OC3c3ccc(-c4ccc(F)cc4F)cc32)cc1. The third-order valence-electron chi connectivity index (χ3n) is 6.80. The van der Waals surface area contributed by atoms with Gasteiger partial charge in [0, 0.05) is 29.3 Å². The van der Waals surface area contributed by atoms with E-state index in [1.807, 2.05) is 42.5 Å². The number of benzene rings is 4. The van der Waals surface area contributed by atoms with E-state index < -0.39 is 11.6 Å². The van der Waals surface area contributed by atoms with E-state index in [9.17, 15) is 13.6 Å². The van der Waals surface area contributed by atoms with Crippen molar-refractivity contribution in [3.8, 4) is 11.1 Å². The van der Waals surface area contributed by atoms with E-state index in [2.05, 4.69) is 5.32 Å². The molecule has 6 rings (SSSR count). The molecule has 4 aromatic carbocycles. The molecule has 4 aromatic rings. The molecule has 0 saturated heterocycles. The summed E-state index contributed by atoms with van der Waals surface area (Å²) in [4.78, 5) is 12.9. The van der Waals surface area contributed by atoms with Gasteiger partial charge in [0.15, 0.2) is 0 Å². The van der Waals surface area contributed by atoms with Crippen molar-refractivity contribution in [2.75, 3.05) is 0 Å². The standard InChI is InChI=1S/C29H21F2N3O2/c30-19-7-10-20(25(31)13-19)17-5-8-21-23(11-17)27-24-12-18(6-9-22(24)26(21)36-27)29(35)34-14-15-1-3-16(4-2-15)28(32)33/h1-13,26-27H,14H2,(H3,32,33)(H,34,35). The first kappa shape index (κ1) is 22.1. The van der Waals surface area contributed by atoms with E-state index in [0.29, 0.717) is 28.8 Å². The molecule has 2 aliphatic rings. The van der Waals surface area contributed by atoms with Crippen LogP contribution in [0.25, 0.3) is 11.1 Å². The molecule has 1 amide bonds. The Hall–Kier alpha value is -4.36. The lowest BCUT2D eigenvalue weighted by molar-refractivity contribution is 0.0857. The van der Waals surface area contributed by atoms with Crippen LogP contribution in [-0.4, -0.2) is 11.7 Å². The van der Waals surface area contributed by atoms with E-state index in [-0.39, 0.29) is 24.0 Å². The Morgan fingerprint density at radius 3 is 2.22 bits per heavy atom. The third kappa shape index (κ3) is 3.65. The third-order valence-corrected chi connectivity index (χ3v) is 6.80. The van der Waals surface area contributed by atoms with Gasteiger partial charge in [-0.2, -0.15) is 0 Å². The van der Waals surface area contributed by atoms with Gasteiger partial charge >= 0.3 is 0 Å². The fourth-order valence-corrected chi connectivity index (χ4v) is 4.96. The van der Waals surface area contributed by atoms with Crippen LogP contribution in [-0.2, 0) is 11.3 Å². The number of nitrogen functional groups attached to an aromatic ring is 1. The number of halogens is 2. The van der Waals surface area contributed by atoms with Crippen molar-refractivity contribution in [2.45, 2.75) is 18.8 Å². The molecule has 0 spiro atoms. The van der Waals surface area contributed by atoms with Gasteiger partial charge in [0.05, 0.1) is 0 Å². The molecule has 36 heavy (non-hydrogen) atoms. The highest BCUT2D eigenvalue weighted by atomic mass is 19.1. The molecule has 2 atom stereocenters. The number of ether oxygens (including phenoxy) is 1. The van der Waals surface area contributed by atoms with E-state index >= 15 is 0 Å². The number of nitrogens with two attached hydrogens (primary N) is 1. The number of hydrogen-bond donors (Lipinski definition) is 3. The topological polar surface area (TPSA) is 88.2 Å². The molecular formula is C29H21F2N3O2. The van der Waals surface area contributed by atoms with Crippen LogP contribution in [0.15, 0.2) is 78.9 Å². The predicted octanol–water partition coefficient (Wildman–Crippen LogP) is 5.37. The monoisotopic (exact) mass is 481 g/mol. The van der Waals surface area contributed by atoms with Gasteiger partial charge in [-0.25, -0.2) is 8.78 Å². The van der Waals surface area contributed by atoms with E-state index in [4.69, 9.17) is 15.9 Å². The smallest absolute Gasteiger partial charge is 0.251 e. The first-order valence-corrected chi connectivity index (χ1v) is 11.5. The molecule has 5 nitrogen and oxygen atoms in total. The van der Waals surface area contributed by atoms with Crippen LogP contribution in [0.3, 0.4) is 0 Å². The summed E-state index contributed by atoms with van der Waals surface area (Å²) in [6.07, 6.45) is -0.584. The number of hydrogen-bond acceptors (Lipinski definition) is 3. The van der Waals surface area contributed by atoms with Crippen molar-refractivity contribution >= 4 is 11.7 Å². The van der Waals surface area contributed by atoms with Crippen LogP contribution in [0.4, 0.5) is 8.78 Å². The van der Waals surface area contributed by atoms with E-state index in [1.165, 1.54) is 12.1 Å². The lowest BCUT2D eigenvalue weighted by Gasteiger charge is -2.18. The Morgan fingerprint density at radius 2 is 1.50 bits per heavy atom. The molecule has 2 bridgehead atoms. The van der Waals surface area contributed by atoms with Crippen molar-refractivity contribution in [1.29, 1.82) is 5.41 Å². The maximum absolute atomic E-state index is 14.4. The Balaban J connectivity index is 1.23. The first-order valence-electron chi connectivity index (χ1n) is 11.5. The lowest BCUT2D eigenvalue weighted by atomic mass is 9.83. The Labute approximate surface area is 206 Å². The zero-order valence-electron chi connectivity index (χ0n) is 19.0. The number of rotatable bonds is 5. The largest absolute Gasteiger partial charge is 0.384 e. The fourth-order valence-electron chi connectivity index (χ4n) is 4.96. The normalized spacial score (nSPS) is 16.9. The molecule has 2 aliphatic heterocycles. The second-order valence-corrected chi connectivity index (χ2v) is 9.00. The molecule has 0 aromatic heterocycles. The molecule has 7 heteroatoms. The van der Waals surface area contributed by atoms with Crippen LogP contribution in [0.2, 0.25) is 0 Å². The Morgan fingerprint density at radius 1 is 0.833 bits per heavy atom. The second-order valence-electron chi connectivity index (χ2n) is 9.00. The quantitative estimate of drug-likeness (QED) is 0.265. The number of carbonyl (C=O) groups is 1. The van der Waals surface area contributed by atoms with Gasteiger partial charge in [0.2, 0.25) is 0 Å². The van der Waals surface area contributed by atoms with Crippen LogP contribution in [0.1, 0.15) is 55.9 Å². The summed E-state index contributed by atoms with van der Waals surface area (Å²) in [7, 11) is 0. The molecule has 0 saturated carbocycles. The van der Waals surface area contributed by atoms with Gasteiger partial charge in [0.25, 0.3) is 5.91 Å². The Kier molecular flexibility index (Phi) is 5.16. The predicted molar refractivity (Wildman–Crippen MR) is 132 cm³/mol. The maximum atomic E-state index is 14.4. The number of amidine groups is 1. The summed E-state index contributed by atoms with van der Waals surface area (Å²) in [6, 6.07) is 21.9. The maximum Gasteiger partial charge on any atom is 0.251 e. The van der Waals surface area contributed by atoms with Crippen molar-refractivity contribution in [3.05, 3.63) is 129 Å². The summed E-state index contributed by atoms with van der Waals surface area (Å²) < 4.78 is 34.0. The number of amides is 1.